The Morgan fingerprint density at radius 3 is 1.38 bits per heavy atom. The molecule has 0 rings (SSSR count). The van der Waals surface area contributed by atoms with E-state index < -0.39 is 36.4 Å². The molecule has 0 fully saturated rings. The predicted octanol–water partition coefficient (Wildman–Crippen LogP) is 4.09. The maximum Gasteiger partial charge on any atom is 0.336 e. The van der Waals surface area contributed by atoms with Crippen LogP contribution in [0.2, 0.25) is 0 Å². The summed E-state index contributed by atoms with van der Waals surface area (Å²) in [4.78, 5) is 30.5. The Labute approximate surface area is 174 Å². The van der Waals surface area contributed by atoms with Gasteiger partial charge in [0.05, 0.1) is 12.8 Å². The lowest BCUT2D eigenvalue weighted by molar-refractivity contribution is -0.170. The van der Waals surface area contributed by atoms with Crippen molar-refractivity contribution in [3.63, 3.8) is 0 Å². The van der Waals surface area contributed by atoms with Gasteiger partial charge < -0.3 is 25.2 Å². The van der Waals surface area contributed by atoms with Crippen molar-refractivity contribution < 1.29 is 39.5 Å². The molecular weight excluding hydrogens is 380 g/mol. The van der Waals surface area contributed by atoms with Crippen LogP contribution in [-0.4, -0.2) is 57.1 Å². The molecule has 0 heterocycles. The average Bonchev–Trinajstić information content (AvgIpc) is 2.62. The number of carboxylic acid groups (broad SMARTS) is 3. The molecule has 0 bridgehead atoms. The maximum atomic E-state index is 10.3. The van der Waals surface area contributed by atoms with Crippen molar-refractivity contribution in [1.29, 1.82) is 0 Å². The molecule has 172 valence electrons. The molecule has 0 saturated heterocycles. The van der Waals surface area contributed by atoms with E-state index in [1.54, 1.807) is 0 Å². The van der Waals surface area contributed by atoms with Gasteiger partial charge in [0.15, 0.2) is 5.60 Å². The first kappa shape index (κ1) is 29.5. The highest BCUT2D eigenvalue weighted by molar-refractivity contribution is 5.88. The van der Waals surface area contributed by atoms with Crippen LogP contribution in [-0.2, 0) is 19.1 Å². The third kappa shape index (κ3) is 20.9. The fourth-order valence-electron chi connectivity index (χ4n) is 2.73. The molecule has 0 unspecified atom stereocenters. The lowest BCUT2D eigenvalue weighted by atomic mass is 9.96. The van der Waals surface area contributed by atoms with E-state index in [0.29, 0.717) is 0 Å². The van der Waals surface area contributed by atoms with Crippen LogP contribution in [0.25, 0.3) is 0 Å². The van der Waals surface area contributed by atoms with Gasteiger partial charge in [0.25, 0.3) is 0 Å². The third-order valence-corrected chi connectivity index (χ3v) is 4.38. The first-order valence-corrected chi connectivity index (χ1v) is 10.7. The molecule has 0 aromatic heterocycles. The zero-order chi connectivity index (χ0) is 22.5. The first-order valence-electron chi connectivity index (χ1n) is 10.7. The van der Waals surface area contributed by atoms with Gasteiger partial charge in [-0.15, -0.1) is 0 Å². The minimum absolute atomic E-state index is 0.873. The summed E-state index contributed by atoms with van der Waals surface area (Å²) in [5.74, 6) is -5.02. The number of hydrogen-bond acceptors (Lipinski definition) is 5. The molecule has 0 aromatic rings. The molecular formula is C21H40O8. The van der Waals surface area contributed by atoms with Gasteiger partial charge in [-0.2, -0.15) is 0 Å². The van der Waals surface area contributed by atoms with Crippen molar-refractivity contribution in [2.24, 2.45) is 0 Å². The van der Waals surface area contributed by atoms with Crippen LogP contribution in [0.1, 0.15) is 97.3 Å². The zero-order valence-corrected chi connectivity index (χ0v) is 18.0. The van der Waals surface area contributed by atoms with E-state index in [1.165, 1.54) is 70.6 Å². The molecule has 0 aliphatic rings. The van der Waals surface area contributed by atoms with Gasteiger partial charge >= 0.3 is 17.9 Å². The molecule has 0 aliphatic heterocycles. The third-order valence-electron chi connectivity index (χ3n) is 4.38. The summed E-state index contributed by atoms with van der Waals surface area (Å²) in [6.45, 7) is 6.19. The quantitative estimate of drug-likeness (QED) is 0.243. The fraction of sp³-hybridized carbons (Fsp3) is 0.857. The monoisotopic (exact) mass is 420 g/mol. The van der Waals surface area contributed by atoms with Gasteiger partial charge in [0, 0.05) is 13.2 Å². The van der Waals surface area contributed by atoms with Gasteiger partial charge in [-0.05, 0) is 13.3 Å². The highest BCUT2D eigenvalue weighted by Crippen LogP contribution is 2.15. The lowest BCUT2D eigenvalue weighted by Crippen LogP contribution is -2.42. The Morgan fingerprint density at radius 1 is 0.690 bits per heavy atom. The van der Waals surface area contributed by atoms with E-state index in [0.717, 1.165) is 13.2 Å². The Hall–Kier alpha value is -1.67. The van der Waals surface area contributed by atoms with Crippen LogP contribution in [0, 0.1) is 0 Å². The summed E-state index contributed by atoms with van der Waals surface area (Å²) < 4.78 is 5.32. The molecule has 0 aliphatic carbocycles. The number of aliphatic hydroxyl groups is 1. The average molecular weight is 421 g/mol. The fourth-order valence-corrected chi connectivity index (χ4v) is 2.73. The summed E-state index contributed by atoms with van der Waals surface area (Å²) in [6.07, 6.45) is 13.2. The maximum absolute atomic E-state index is 10.3. The van der Waals surface area contributed by atoms with E-state index in [9.17, 15) is 14.4 Å². The van der Waals surface area contributed by atoms with E-state index in [1.807, 2.05) is 0 Å². The second-order valence-corrected chi connectivity index (χ2v) is 7.21. The zero-order valence-electron chi connectivity index (χ0n) is 18.0. The summed E-state index contributed by atoms with van der Waals surface area (Å²) >= 11 is 0. The number of aliphatic carboxylic acids is 3. The van der Waals surface area contributed by atoms with Crippen LogP contribution in [0.15, 0.2) is 0 Å². The summed E-state index contributed by atoms with van der Waals surface area (Å²) in [7, 11) is 0. The normalized spacial score (nSPS) is 10.9. The van der Waals surface area contributed by atoms with Crippen molar-refractivity contribution >= 4 is 17.9 Å². The number of unbranched alkanes of at least 4 members (excludes halogenated alkanes) is 10. The van der Waals surface area contributed by atoms with Crippen molar-refractivity contribution in [2.45, 2.75) is 103 Å². The molecule has 4 N–H and O–H groups in total. The molecule has 0 spiro atoms. The topological polar surface area (TPSA) is 141 Å². The van der Waals surface area contributed by atoms with Crippen LogP contribution in [0.5, 0.6) is 0 Å². The van der Waals surface area contributed by atoms with E-state index in [2.05, 4.69) is 13.8 Å². The molecule has 0 aromatic carbocycles. The van der Waals surface area contributed by atoms with Crippen molar-refractivity contribution in [3.05, 3.63) is 0 Å². The van der Waals surface area contributed by atoms with Crippen molar-refractivity contribution in [2.75, 3.05) is 13.2 Å². The molecule has 0 amide bonds. The van der Waals surface area contributed by atoms with Gasteiger partial charge in [-0.25, -0.2) is 4.79 Å². The molecule has 0 radical (unpaired) electrons. The van der Waals surface area contributed by atoms with Crippen LogP contribution in [0.3, 0.4) is 0 Å². The van der Waals surface area contributed by atoms with Gasteiger partial charge in [0.2, 0.25) is 0 Å². The smallest absolute Gasteiger partial charge is 0.336 e. The molecule has 0 atom stereocenters. The number of hydrogen-bond donors (Lipinski definition) is 4. The summed E-state index contributed by atoms with van der Waals surface area (Å²) in [5.41, 5.74) is -2.74. The van der Waals surface area contributed by atoms with Crippen molar-refractivity contribution in [3.8, 4) is 0 Å². The predicted molar refractivity (Wildman–Crippen MR) is 110 cm³/mol. The van der Waals surface area contributed by atoms with E-state index in [4.69, 9.17) is 25.2 Å². The van der Waals surface area contributed by atoms with Crippen molar-refractivity contribution in [1.82, 2.24) is 0 Å². The number of carboxylic acids is 3. The minimum Gasteiger partial charge on any atom is -0.481 e. The van der Waals surface area contributed by atoms with Gasteiger partial charge in [0.1, 0.15) is 0 Å². The summed E-state index contributed by atoms with van der Waals surface area (Å²) in [6, 6.07) is 0. The Bertz CT molecular complexity index is 406. The SMILES string of the molecule is CCCCCCCCCCCCCOCC.O=C(O)CC(O)(CC(=O)O)C(=O)O. The second kappa shape index (κ2) is 19.6. The lowest BCUT2D eigenvalue weighted by Gasteiger charge is -2.18. The highest BCUT2D eigenvalue weighted by Gasteiger charge is 2.40. The number of ether oxygens (including phenoxy) is 1. The van der Waals surface area contributed by atoms with Gasteiger partial charge in [-0.1, -0.05) is 71.1 Å². The van der Waals surface area contributed by atoms with Crippen LogP contribution < -0.4 is 0 Å². The van der Waals surface area contributed by atoms with Gasteiger partial charge in [-0.3, -0.25) is 9.59 Å². The summed E-state index contributed by atoms with van der Waals surface area (Å²) in [5, 5.41) is 33.8. The largest absolute Gasteiger partial charge is 0.481 e. The molecule has 0 saturated carbocycles. The molecule has 29 heavy (non-hydrogen) atoms. The number of carbonyl (C=O) groups is 3. The molecule has 8 nitrogen and oxygen atoms in total. The van der Waals surface area contributed by atoms with E-state index >= 15 is 0 Å². The van der Waals surface area contributed by atoms with Crippen LogP contribution in [0.4, 0.5) is 0 Å². The van der Waals surface area contributed by atoms with Crippen LogP contribution >= 0.6 is 0 Å². The Morgan fingerprint density at radius 2 is 1.07 bits per heavy atom. The van der Waals surface area contributed by atoms with E-state index in [-0.39, 0.29) is 0 Å². The Balaban J connectivity index is 0. The second-order valence-electron chi connectivity index (χ2n) is 7.21. The molecule has 8 heteroatoms. The first-order chi connectivity index (χ1) is 13.7. The standard InChI is InChI=1S/C15H32O.C6H8O7/c1-3-5-6-7-8-9-10-11-12-13-14-15-16-4-2;7-3(8)1-6(13,5(11)12)2-4(9)10/h3-15H2,1-2H3;13H,1-2H2,(H,7,8)(H,9,10)(H,11,12). The Kier molecular flexibility index (Phi) is 20.0. The minimum atomic E-state index is -2.74. The highest BCUT2D eigenvalue weighted by atomic mass is 16.5. The number of rotatable bonds is 18.